The van der Waals surface area contributed by atoms with Gasteiger partial charge in [0.15, 0.2) is 11.5 Å². The quantitative estimate of drug-likeness (QED) is 0.541. The first-order valence-electron chi connectivity index (χ1n) is 10.8. The summed E-state index contributed by atoms with van der Waals surface area (Å²) < 4.78 is 16.1. The second kappa shape index (κ2) is 10.1. The number of rotatable bonds is 7. The first kappa shape index (κ1) is 23.5. The molecule has 1 N–H and O–H groups in total. The van der Waals surface area contributed by atoms with Gasteiger partial charge in [-0.3, -0.25) is 9.59 Å². The number of carbonyl (C=O) groups excluding carboxylic acids is 2. The van der Waals surface area contributed by atoms with Crippen molar-refractivity contribution in [2.75, 3.05) is 33.2 Å². The fourth-order valence-electron chi connectivity index (χ4n) is 3.92. The number of nitrogens with zero attached hydrogens (tertiary/aromatic N) is 3. The van der Waals surface area contributed by atoms with Crippen LogP contribution in [0.4, 0.5) is 5.69 Å². The molecule has 0 spiro atoms. The van der Waals surface area contributed by atoms with Crippen molar-refractivity contribution in [3.05, 3.63) is 57.5 Å². The van der Waals surface area contributed by atoms with Crippen molar-refractivity contribution in [3.8, 4) is 17.2 Å². The van der Waals surface area contributed by atoms with Crippen LogP contribution in [0.3, 0.4) is 0 Å². The maximum Gasteiger partial charge on any atom is 0.286 e. The van der Waals surface area contributed by atoms with Crippen LogP contribution < -0.4 is 19.5 Å². The maximum atomic E-state index is 13.4. The molecule has 1 fully saturated rings. The van der Waals surface area contributed by atoms with Crippen molar-refractivity contribution in [1.82, 2.24) is 15.1 Å². The molecule has 2 aromatic carbocycles. The molecular formula is C24H26N4O5S. The number of methoxy groups -OCH3 is 3. The van der Waals surface area contributed by atoms with E-state index in [1.54, 1.807) is 17.0 Å². The Morgan fingerprint density at radius 2 is 1.71 bits per heavy atom. The fourth-order valence-corrected chi connectivity index (χ4v) is 4.81. The Balaban J connectivity index is 1.54. The second-order valence-corrected chi connectivity index (χ2v) is 8.85. The molecule has 0 aliphatic carbocycles. The third kappa shape index (κ3) is 4.67. The smallest absolute Gasteiger partial charge is 0.286 e. The van der Waals surface area contributed by atoms with Gasteiger partial charge < -0.3 is 24.4 Å². The summed E-state index contributed by atoms with van der Waals surface area (Å²) >= 11 is 1.20. The first-order valence-corrected chi connectivity index (χ1v) is 11.6. The van der Waals surface area contributed by atoms with E-state index in [0.717, 1.165) is 18.4 Å². The van der Waals surface area contributed by atoms with Gasteiger partial charge in [0.2, 0.25) is 10.8 Å². The van der Waals surface area contributed by atoms with Crippen LogP contribution in [0, 0.1) is 6.92 Å². The van der Waals surface area contributed by atoms with Crippen molar-refractivity contribution in [1.29, 1.82) is 0 Å². The van der Waals surface area contributed by atoms with Crippen LogP contribution in [0.1, 0.15) is 49.6 Å². The highest BCUT2D eigenvalue weighted by atomic mass is 32.1. The molecular weight excluding hydrogens is 456 g/mol. The standard InChI is InChI=1S/C24H26N4O5S/c1-14-7-9-16(10-8-14)25-21(29)23-27-26-22(34-23)17-6-5-11-28(17)24(30)15-12-18(31-2)20(33-4)19(13-15)32-3/h7-10,12-13,17H,5-6,11H2,1-4H3,(H,25,29)/t17-/m0/s1. The van der Waals surface area contributed by atoms with E-state index in [4.69, 9.17) is 14.2 Å². The highest BCUT2D eigenvalue weighted by Gasteiger charge is 2.34. The molecule has 0 radical (unpaired) electrons. The molecule has 3 aromatic rings. The average Bonchev–Trinajstić information content (AvgIpc) is 3.53. The van der Waals surface area contributed by atoms with E-state index in [9.17, 15) is 9.59 Å². The van der Waals surface area contributed by atoms with Gasteiger partial charge in [0.1, 0.15) is 5.01 Å². The Hall–Kier alpha value is -3.66. The first-order chi connectivity index (χ1) is 16.4. The predicted molar refractivity (Wildman–Crippen MR) is 128 cm³/mol. The summed E-state index contributed by atoms with van der Waals surface area (Å²) in [5, 5.41) is 12.0. The SMILES string of the molecule is COc1cc(C(=O)N2CCC[C@H]2c2nnc(C(=O)Nc3ccc(C)cc3)s2)cc(OC)c1OC. The number of hydrogen-bond donors (Lipinski definition) is 1. The summed E-state index contributed by atoms with van der Waals surface area (Å²) in [4.78, 5) is 27.8. The largest absolute Gasteiger partial charge is 0.493 e. The molecule has 2 heterocycles. The van der Waals surface area contributed by atoms with Gasteiger partial charge in [-0.15, -0.1) is 10.2 Å². The summed E-state index contributed by atoms with van der Waals surface area (Å²) in [6.07, 6.45) is 1.57. The molecule has 0 saturated carbocycles. The number of anilines is 1. The number of hydrogen-bond acceptors (Lipinski definition) is 8. The van der Waals surface area contributed by atoms with E-state index >= 15 is 0 Å². The molecule has 1 aromatic heterocycles. The van der Waals surface area contributed by atoms with E-state index in [1.807, 2.05) is 31.2 Å². The fraction of sp³-hybridized carbons (Fsp3) is 0.333. The van der Waals surface area contributed by atoms with Crippen molar-refractivity contribution in [2.24, 2.45) is 0 Å². The topological polar surface area (TPSA) is 103 Å². The zero-order valence-corrected chi connectivity index (χ0v) is 20.3. The zero-order valence-electron chi connectivity index (χ0n) is 19.5. The summed E-state index contributed by atoms with van der Waals surface area (Å²) in [5.41, 5.74) is 2.21. The molecule has 1 aliphatic rings. The number of aryl methyl sites for hydroxylation is 1. The van der Waals surface area contributed by atoms with Gasteiger partial charge in [0.25, 0.3) is 11.8 Å². The third-order valence-corrected chi connectivity index (χ3v) is 6.68. The minimum Gasteiger partial charge on any atom is -0.493 e. The maximum absolute atomic E-state index is 13.4. The number of benzene rings is 2. The van der Waals surface area contributed by atoms with Crippen LogP contribution >= 0.6 is 11.3 Å². The number of nitrogens with one attached hydrogen (secondary N) is 1. The lowest BCUT2D eigenvalue weighted by atomic mass is 10.1. The van der Waals surface area contributed by atoms with Crippen LogP contribution in [0.2, 0.25) is 0 Å². The van der Waals surface area contributed by atoms with E-state index in [0.29, 0.717) is 40.1 Å². The molecule has 1 saturated heterocycles. The molecule has 0 bridgehead atoms. The van der Waals surface area contributed by atoms with Crippen LogP contribution in [0.15, 0.2) is 36.4 Å². The lowest BCUT2D eigenvalue weighted by Gasteiger charge is -2.23. The van der Waals surface area contributed by atoms with Crippen LogP contribution in [0.5, 0.6) is 17.2 Å². The molecule has 10 heteroatoms. The summed E-state index contributed by atoms with van der Waals surface area (Å²) in [6, 6.07) is 10.5. The Labute approximate surface area is 201 Å². The Kier molecular flexibility index (Phi) is 6.97. The Bertz CT molecular complexity index is 1170. The zero-order chi connectivity index (χ0) is 24.2. The Morgan fingerprint density at radius 3 is 2.32 bits per heavy atom. The molecule has 4 rings (SSSR count). The molecule has 178 valence electrons. The van der Waals surface area contributed by atoms with Gasteiger partial charge >= 0.3 is 0 Å². The molecule has 1 aliphatic heterocycles. The van der Waals surface area contributed by atoms with E-state index in [2.05, 4.69) is 15.5 Å². The van der Waals surface area contributed by atoms with Gasteiger partial charge in [-0.25, -0.2) is 0 Å². The minimum absolute atomic E-state index is 0.178. The lowest BCUT2D eigenvalue weighted by Crippen LogP contribution is -2.30. The van der Waals surface area contributed by atoms with E-state index in [1.165, 1.54) is 32.7 Å². The molecule has 1 atom stereocenters. The van der Waals surface area contributed by atoms with Gasteiger partial charge in [-0.1, -0.05) is 29.0 Å². The van der Waals surface area contributed by atoms with Crippen LogP contribution in [0.25, 0.3) is 0 Å². The highest BCUT2D eigenvalue weighted by Crippen LogP contribution is 2.40. The third-order valence-electron chi connectivity index (χ3n) is 5.65. The Morgan fingerprint density at radius 1 is 1.03 bits per heavy atom. The van der Waals surface area contributed by atoms with Gasteiger partial charge in [-0.05, 0) is 44.0 Å². The summed E-state index contributed by atoms with van der Waals surface area (Å²) in [6.45, 7) is 2.56. The number of carbonyl (C=O) groups is 2. The van der Waals surface area contributed by atoms with Gasteiger partial charge in [0.05, 0.1) is 27.4 Å². The second-order valence-electron chi connectivity index (χ2n) is 7.84. The van der Waals surface area contributed by atoms with Crippen molar-refractivity contribution >= 4 is 28.8 Å². The number of amides is 2. The minimum atomic E-state index is -0.326. The van der Waals surface area contributed by atoms with Crippen LogP contribution in [-0.4, -0.2) is 54.8 Å². The molecule has 9 nitrogen and oxygen atoms in total. The molecule has 0 unspecified atom stereocenters. The summed E-state index contributed by atoms with van der Waals surface area (Å²) in [7, 11) is 4.53. The number of likely N-dealkylation sites (tertiary alicyclic amines) is 1. The highest BCUT2D eigenvalue weighted by molar-refractivity contribution is 7.13. The van der Waals surface area contributed by atoms with Gasteiger partial charge in [-0.2, -0.15) is 0 Å². The summed E-state index contributed by atoms with van der Waals surface area (Å²) in [5.74, 6) is 0.738. The average molecular weight is 483 g/mol. The van der Waals surface area contributed by atoms with Crippen molar-refractivity contribution in [3.63, 3.8) is 0 Å². The predicted octanol–water partition coefficient (Wildman–Crippen LogP) is 4.10. The number of aromatic nitrogens is 2. The van der Waals surface area contributed by atoms with Crippen molar-refractivity contribution < 1.29 is 23.8 Å². The van der Waals surface area contributed by atoms with E-state index < -0.39 is 0 Å². The van der Waals surface area contributed by atoms with Gasteiger partial charge in [0, 0.05) is 17.8 Å². The molecule has 34 heavy (non-hydrogen) atoms. The number of ether oxygens (including phenoxy) is 3. The lowest BCUT2D eigenvalue weighted by molar-refractivity contribution is 0.0734. The monoisotopic (exact) mass is 482 g/mol. The van der Waals surface area contributed by atoms with E-state index in [-0.39, 0.29) is 22.9 Å². The normalized spacial score (nSPS) is 15.2. The molecule has 2 amide bonds. The van der Waals surface area contributed by atoms with Crippen LogP contribution in [-0.2, 0) is 0 Å². The van der Waals surface area contributed by atoms with Crippen molar-refractivity contribution in [2.45, 2.75) is 25.8 Å².